The summed E-state index contributed by atoms with van der Waals surface area (Å²) in [5.41, 5.74) is -0.644. The van der Waals surface area contributed by atoms with E-state index in [0.29, 0.717) is 41.9 Å². The molecule has 44 heavy (non-hydrogen) atoms. The Balaban J connectivity index is 1.32. The lowest BCUT2D eigenvalue weighted by molar-refractivity contribution is -0.186. The third-order valence-electron chi connectivity index (χ3n) is 12.9. The summed E-state index contributed by atoms with van der Waals surface area (Å²) in [7, 11) is 0. The minimum absolute atomic E-state index is 0.0373. The van der Waals surface area contributed by atoms with Gasteiger partial charge in [-0.15, -0.1) is 0 Å². The first kappa shape index (κ1) is 35.2. The number of rotatable bonds is 10. The van der Waals surface area contributed by atoms with Crippen LogP contribution < -0.4 is 0 Å². The Bertz CT molecular complexity index is 1040. The third kappa shape index (κ3) is 7.33. The largest absolute Gasteiger partial charge is 0.465 e. The molecular weight excluding hydrogens is 556 g/mol. The molecule has 0 amide bonds. The number of hydrogen-bond donors (Lipinski definition) is 1. The lowest BCUT2D eigenvalue weighted by Crippen LogP contribution is -2.59. The molecule has 4 saturated carbocycles. The molecule has 0 spiro atoms. The second kappa shape index (κ2) is 13.2. The van der Waals surface area contributed by atoms with Crippen molar-refractivity contribution in [2.75, 3.05) is 6.61 Å². The highest BCUT2D eigenvalue weighted by atomic mass is 16.6. The minimum atomic E-state index is -0.542. The van der Waals surface area contributed by atoms with Gasteiger partial charge in [0, 0.05) is 6.42 Å². The van der Waals surface area contributed by atoms with Gasteiger partial charge in [-0.25, -0.2) is 0 Å². The van der Waals surface area contributed by atoms with Crippen molar-refractivity contribution in [1.29, 1.82) is 0 Å². The molecule has 0 bridgehead atoms. The topological polar surface area (TPSA) is 99.1 Å². The van der Waals surface area contributed by atoms with Crippen molar-refractivity contribution < 1.29 is 33.7 Å². The van der Waals surface area contributed by atoms with E-state index in [9.17, 15) is 19.5 Å². The molecule has 4 aliphatic rings. The predicted molar refractivity (Wildman–Crippen MR) is 170 cm³/mol. The maximum Gasteiger partial charge on any atom is 0.311 e. The summed E-state index contributed by atoms with van der Waals surface area (Å²) in [6.07, 6.45) is 9.93. The molecule has 0 aliphatic heterocycles. The fourth-order valence-corrected chi connectivity index (χ4v) is 9.98. The molecule has 7 heteroatoms. The summed E-state index contributed by atoms with van der Waals surface area (Å²) in [4.78, 5) is 37.2. The van der Waals surface area contributed by atoms with Crippen molar-refractivity contribution in [3.63, 3.8) is 0 Å². The maximum atomic E-state index is 12.8. The zero-order valence-electron chi connectivity index (χ0n) is 29.2. The van der Waals surface area contributed by atoms with E-state index in [1.54, 1.807) is 0 Å². The average Bonchev–Trinajstić information content (AvgIpc) is 3.28. The summed E-state index contributed by atoms with van der Waals surface area (Å²) in [5, 5.41) is 11.7. The number of fused-ring (bicyclic) bond motifs is 5. The van der Waals surface area contributed by atoms with Crippen molar-refractivity contribution in [1.82, 2.24) is 0 Å². The quantitative estimate of drug-likeness (QED) is 0.198. The minimum Gasteiger partial charge on any atom is -0.465 e. The molecule has 4 fully saturated rings. The number of esters is 3. The second-order valence-electron chi connectivity index (χ2n) is 17.1. The Kier molecular flexibility index (Phi) is 10.6. The molecule has 0 aromatic carbocycles. The normalized spacial score (nSPS) is 37.6. The number of ether oxygens (including phenoxy) is 3. The van der Waals surface area contributed by atoms with Gasteiger partial charge < -0.3 is 19.3 Å². The summed E-state index contributed by atoms with van der Waals surface area (Å²) in [5.74, 6) is 1.95. The third-order valence-corrected chi connectivity index (χ3v) is 12.9. The molecule has 0 saturated heterocycles. The monoisotopic (exact) mass is 618 g/mol. The first-order chi connectivity index (χ1) is 20.4. The van der Waals surface area contributed by atoms with Gasteiger partial charge in [-0.3, -0.25) is 14.4 Å². The van der Waals surface area contributed by atoms with Gasteiger partial charge in [0.25, 0.3) is 0 Å². The van der Waals surface area contributed by atoms with Gasteiger partial charge in [0.15, 0.2) is 0 Å². The molecule has 1 N–H and O–H groups in total. The molecule has 4 aliphatic carbocycles. The summed E-state index contributed by atoms with van der Waals surface area (Å²) in [6, 6.07) is 0. The van der Waals surface area contributed by atoms with Gasteiger partial charge in [-0.05, 0) is 145 Å². The van der Waals surface area contributed by atoms with Crippen LogP contribution in [0.2, 0.25) is 0 Å². The van der Waals surface area contributed by atoms with E-state index >= 15 is 0 Å². The Hall–Kier alpha value is -1.63. The fourth-order valence-electron chi connectivity index (χ4n) is 9.98. The van der Waals surface area contributed by atoms with Crippen LogP contribution in [0.15, 0.2) is 0 Å². The highest BCUT2D eigenvalue weighted by molar-refractivity contribution is 5.76. The van der Waals surface area contributed by atoms with Gasteiger partial charge in [0.1, 0.15) is 18.3 Å². The second-order valence-corrected chi connectivity index (χ2v) is 17.1. The van der Waals surface area contributed by atoms with E-state index in [0.717, 1.165) is 57.8 Å². The molecule has 0 aromatic heterocycles. The number of hydrogen-bond acceptors (Lipinski definition) is 7. The Morgan fingerprint density at radius 1 is 0.886 bits per heavy atom. The van der Waals surface area contributed by atoms with E-state index in [2.05, 4.69) is 20.8 Å². The van der Waals surface area contributed by atoms with Crippen LogP contribution in [-0.4, -0.2) is 47.4 Å². The molecular formula is C37H62O7. The lowest BCUT2D eigenvalue weighted by atomic mass is 9.43. The molecule has 0 heterocycles. The van der Waals surface area contributed by atoms with E-state index in [-0.39, 0.29) is 54.0 Å². The van der Waals surface area contributed by atoms with Gasteiger partial charge >= 0.3 is 17.9 Å². The van der Waals surface area contributed by atoms with E-state index in [1.807, 2.05) is 41.5 Å². The smallest absolute Gasteiger partial charge is 0.311 e. The predicted octanol–water partition coefficient (Wildman–Crippen LogP) is 7.66. The molecule has 0 aromatic rings. The molecule has 10 unspecified atom stereocenters. The number of carbonyl (C=O) groups is 3. The highest BCUT2D eigenvalue weighted by Crippen LogP contribution is 2.68. The van der Waals surface area contributed by atoms with Crippen LogP contribution >= 0.6 is 0 Å². The zero-order valence-corrected chi connectivity index (χ0v) is 29.2. The van der Waals surface area contributed by atoms with E-state index < -0.39 is 11.0 Å². The van der Waals surface area contributed by atoms with Crippen LogP contribution in [0.1, 0.15) is 139 Å². The molecule has 10 atom stereocenters. The Morgan fingerprint density at radius 3 is 2.20 bits per heavy atom. The summed E-state index contributed by atoms with van der Waals surface area (Å²) in [6.45, 7) is 18.7. The van der Waals surface area contributed by atoms with Crippen LogP contribution in [0.5, 0.6) is 0 Å². The van der Waals surface area contributed by atoms with Crippen molar-refractivity contribution in [2.45, 2.75) is 157 Å². The van der Waals surface area contributed by atoms with Crippen molar-refractivity contribution >= 4 is 17.9 Å². The van der Waals surface area contributed by atoms with Gasteiger partial charge in [-0.2, -0.15) is 0 Å². The maximum absolute atomic E-state index is 12.8. The van der Waals surface area contributed by atoms with Crippen LogP contribution in [0, 0.1) is 51.8 Å². The number of aliphatic hydroxyl groups is 1. The SMILES string of the molecule is CCC(C)(C)C(=O)OC1CCC2(C)C(C1)CC(O)C1C2CCC2(C)C(C(C)CCC(=O)OCCC(=O)OC(C)(C)C)CCC12. The molecule has 0 radical (unpaired) electrons. The molecule has 7 nitrogen and oxygen atoms in total. The number of aliphatic hydroxyl groups excluding tert-OH is 1. The van der Waals surface area contributed by atoms with Gasteiger partial charge in [0.2, 0.25) is 0 Å². The summed E-state index contributed by atoms with van der Waals surface area (Å²) < 4.78 is 16.7. The van der Waals surface area contributed by atoms with Gasteiger partial charge in [0.05, 0.1) is 17.9 Å². The first-order valence-electron chi connectivity index (χ1n) is 17.7. The van der Waals surface area contributed by atoms with Crippen LogP contribution in [-0.2, 0) is 28.6 Å². The van der Waals surface area contributed by atoms with Crippen LogP contribution in [0.25, 0.3) is 0 Å². The number of carbonyl (C=O) groups excluding carboxylic acids is 3. The van der Waals surface area contributed by atoms with Crippen molar-refractivity contribution in [3.05, 3.63) is 0 Å². The Morgan fingerprint density at radius 2 is 1.55 bits per heavy atom. The Labute approximate surface area is 266 Å². The van der Waals surface area contributed by atoms with Crippen molar-refractivity contribution in [2.24, 2.45) is 51.8 Å². The lowest BCUT2D eigenvalue weighted by Gasteiger charge is -2.62. The fraction of sp³-hybridized carbons (Fsp3) is 0.919. The molecule has 4 rings (SSSR count). The van der Waals surface area contributed by atoms with Crippen LogP contribution in [0.4, 0.5) is 0 Å². The molecule has 252 valence electrons. The van der Waals surface area contributed by atoms with Gasteiger partial charge in [-0.1, -0.05) is 27.7 Å². The summed E-state index contributed by atoms with van der Waals surface area (Å²) >= 11 is 0. The standard InChI is InChI=1S/C37H62O7/c1-10-35(6,7)33(41)43-25-15-18-36(8)24(21-25)22-29(38)32-27-13-12-26(37(27,9)19-16-28(32)36)23(2)11-14-30(39)42-20-17-31(40)44-34(3,4)5/h23-29,32,38H,10-22H2,1-9H3. The van der Waals surface area contributed by atoms with E-state index in [1.165, 1.54) is 6.42 Å². The first-order valence-corrected chi connectivity index (χ1v) is 17.7. The van der Waals surface area contributed by atoms with Crippen LogP contribution in [0.3, 0.4) is 0 Å². The van der Waals surface area contributed by atoms with Crippen molar-refractivity contribution in [3.8, 4) is 0 Å². The average molecular weight is 619 g/mol. The zero-order chi connectivity index (χ0) is 32.7. The highest BCUT2D eigenvalue weighted by Gasteiger charge is 2.63. The van der Waals surface area contributed by atoms with E-state index in [4.69, 9.17) is 14.2 Å².